The Kier molecular flexibility index (Phi) is 4.61. The van der Waals surface area contributed by atoms with Gasteiger partial charge in [0.25, 0.3) is 0 Å². The summed E-state index contributed by atoms with van der Waals surface area (Å²) < 4.78 is 5.43. The third kappa shape index (κ3) is 4.36. The summed E-state index contributed by atoms with van der Waals surface area (Å²) in [6.45, 7) is 5.86. The first-order valence-electron chi connectivity index (χ1n) is 5.85. The minimum absolute atomic E-state index is 0.00399. The molecule has 0 amide bonds. The van der Waals surface area contributed by atoms with E-state index in [1.165, 1.54) is 17.3 Å². The largest absolute Gasteiger partial charge is 0.461 e. The van der Waals surface area contributed by atoms with E-state index >= 15 is 0 Å². The van der Waals surface area contributed by atoms with Gasteiger partial charge in [0.1, 0.15) is 0 Å². The first kappa shape index (κ1) is 14.1. The van der Waals surface area contributed by atoms with Crippen LogP contribution < -0.4 is 4.74 Å². The van der Waals surface area contributed by atoms with Crippen molar-refractivity contribution in [1.82, 2.24) is 15.0 Å². The molecule has 100 valence electrons. The predicted octanol–water partition coefficient (Wildman–Crippen LogP) is 3.77. The van der Waals surface area contributed by atoms with Gasteiger partial charge >= 0.3 is 6.01 Å². The first-order chi connectivity index (χ1) is 9.02. The number of benzene rings is 1. The highest BCUT2D eigenvalue weighted by Crippen LogP contribution is 2.26. The van der Waals surface area contributed by atoms with Gasteiger partial charge < -0.3 is 4.74 Å². The third-order valence-corrected chi connectivity index (χ3v) is 3.18. The number of ether oxygens (including phenoxy) is 1. The van der Waals surface area contributed by atoms with E-state index < -0.39 is 0 Å². The van der Waals surface area contributed by atoms with Crippen molar-refractivity contribution >= 4 is 23.4 Å². The first-order valence-corrected chi connectivity index (χ1v) is 7.05. The molecular formula is C13H14ClN3OS. The second-order valence-corrected chi connectivity index (χ2v) is 5.63. The number of rotatable bonds is 4. The zero-order valence-electron chi connectivity index (χ0n) is 10.9. The highest BCUT2D eigenvalue weighted by molar-refractivity contribution is 7.99. The number of aromatic nitrogens is 3. The topological polar surface area (TPSA) is 47.9 Å². The van der Waals surface area contributed by atoms with Crippen LogP contribution >= 0.6 is 23.4 Å². The van der Waals surface area contributed by atoms with E-state index in [9.17, 15) is 0 Å². The molecule has 19 heavy (non-hydrogen) atoms. The van der Waals surface area contributed by atoms with Gasteiger partial charge in [0.2, 0.25) is 5.28 Å². The quantitative estimate of drug-likeness (QED) is 0.859. The SMILES string of the molecule is Cc1ccc(Sc2nc(Cl)nc(OC(C)C)n2)cc1. The molecule has 1 aromatic heterocycles. The molecule has 0 aliphatic carbocycles. The molecule has 0 spiro atoms. The predicted molar refractivity (Wildman–Crippen MR) is 75.9 cm³/mol. The number of hydrogen-bond acceptors (Lipinski definition) is 5. The molecule has 0 aliphatic rings. The van der Waals surface area contributed by atoms with Gasteiger partial charge in [-0.3, -0.25) is 0 Å². The lowest BCUT2D eigenvalue weighted by atomic mass is 10.2. The summed E-state index contributed by atoms with van der Waals surface area (Å²) in [5.74, 6) is 0. The van der Waals surface area contributed by atoms with Gasteiger partial charge in [-0.15, -0.1) is 0 Å². The molecule has 2 rings (SSSR count). The maximum Gasteiger partial charge on any atom is 0.322 e. The zero-order chi connectivity index (χ0) is 13.8. The summed E-state index contributed by atoms with van der Waals surface area (Å²) >= 11 is 7.29. The molecule has 1 heterocycles. The average molecular weight is 296 g/mol. The summed E-state index contributed by atoms with van der Waals surface area (Å²) in [7, 11) is 0. The van der Waals surface area contributed by atoms with Crippen LogP contribution in [0.2, 0.25) is 5.28 Å². The van der Waals surface area contributed by atoms with E-state index in [0.29, 0.717) is 5.16 Å². The van der Waals surface area contributed by atoms with Gasteiger partial charge in [0.15, 0.2) is 5.16 Å². The van der Waals surface area contributed by atoms with Gasteiger partial charge in [0, 0.05) is 4.90 Å². The highest BCUT2D eigenvalue weighted by atomic mass is 35.5. The molecule has 0 fully saturated rings. The number of aryl methyl sites for hydroxylation is 1. The Morgan fingerprint density at radius 1 is 1.11 bits per heavy atom. The van der Waals surface area contributed by atoms with E-state index in [4.69, 9.17) is 16.3 Å². The van der Waals surface area contributed by atoms with Crippen molar-refractivity contribution < 1.29 is 4.74 Å². The number of halogens is 1. The Morgan fingerprint density at radius 2 is 1.79 bits per heavy atom. The summed E-state index contributed by atoms with van der Waals surface area (Å²) in [5, 5.41) is 0.666. The summed E-state index contributed by atoms with van der Waals surface area (Å²) in [6, 6.07) is 8.36. The van der Waals surface area contributed by atoms with Crippen molar-refractivity contribution in [2.45, 2.75) is 36.9 Å². The van der Waals surface area contributed by atoms with Crippen LogP contribution in [0.15, 0.2) is 34.3 Å². The molecule has 0 bridgehead atoms. The van der Waals surface area contributed by atoms with Crippen molar-refractivity contribution in [2.75, 3.05) is 0 Å². The molecule has 2 aromatic rings. The lowest BCUT2D eigenvalue weighted by Crippen LogP contribution is -2.09. The molecule has 0 radical (unpaired) electrons. The van der Waals surface area contributed by atoms with Crippen molar-refractivity contribution in [2.24, 2.45) is 0 Å². The van der Waals surface area contributed by atoms with Crippen LogP contribution in [0.5, 0.6) is 6.01 Å². The zero-order valence-corrected chi connectivity index (χ0v) is 12.5. The lowest BCUT2D eigenvalue weighted by molar-refractivity contribution is 0.219. The molecule has 0 N–H and O–H groups in total. The summed E-state index contributed by atoms with van der Waals surface area (Å²) in [6.07, 6.45) is -0.00399. The minimum Gasteiger partial charge on any atom is -0.461 e. The second kappa shape index (κ2) is 6.21. The van der Waals surface area contributed by atoms with Gasteiger partial charge in [-0.25, -0.2) is 0 Å². The Morgan fingerprint density at radius 3 is 2.42 bits per heavy atom. The Hall–Kier alpha value is -1.33. The molecule has 0 atom stereocenters. The van der Waals surface area contributed by atoms with E-state index in [1.807, 2.05) is 45.0 Å². The lowest BCUT2D eigenvalue weighted by Gasteiger charge is -2.08. The fourth-order valence-corrected chi connectivity index (χ4v) is 2.28. The van der Waals surface area contributed by atoms with Gasteiger partial charge in [-0.2, -0.15) is 15.0 Å². The molecule has 6 heteroatoms. The summed E-state index contributed by atoms with van der Waals surface area (Å²) in [4.78, 5) is 13.3. The van der Waals surface area contributed by atoms with Crippen LogP contribution in [0.3, 0.4) is 0 Å². The fourth-order valence-electron chi connectivity index (χ4n) is 1.34. The molecule has 4 nitrogen and oxygen atoms in total. The molecule has 0 aliphatic heterocycles. The second-order valence-electron chi connectivity index (χ2n) is 4.25. The van der Waals surface area contributed by atoms with Crippen LogP contribution in [0.1, 0.15) is 19.4 Å². The maximum absolute atomic E-state index is 5.87. The normalized spacial score (nSPS) is 10.8. The Balaban J connectivity index is 2.19. The van der Waals surface area contributed by atoms with Crippen LogP contribution in [-0.2, 0) is 0 Å². The smallest absolute Gasteiger partial charge is 0.322 e. The van der Waals surface area contributed by atoms with Crippen molar-refractivity contribution in [1.29, 1.82) is 0 Å². The van der Waals surface area contributed by atoms with Crippen molar-refractivity contribution in [3.63, 3.8) is 0 Å². The number of nitrogens with zero attached hydrogens (tertiary/aromatic N) is 3. The van der Waals surface area contributed by atoms with E-state index in [1.54, 1.807) is 0 Å². The van der Waals surface area contributed by atoms with Crippen LogP contribution in [-0.4, -0.2) is 21.1 Å². The molecule has 0 saturated heterocycles. The molecule has 0 saturated carbocycles. The van der Waals surface area contributed by atoms with Crippen LogP contribution in [0.4, 0.5) is 0 Å². The average Bonchev–Trinajstić information content (AvgIpc) is 2.30. The Bertz CT molecular complexity index is 560. The number of hydrogen-bond donors (Lipinski definition) is 0. The molecule has 0 unspecified atom stereocenters. The standard InChI is InChI=1S/C13H14ClN3OS/c1-8(2)18-12-15-11(14)16-13(17-12)19-10-6-4-9(3)5-7-10/h4-8H,1-3H3. The Labute approximate surface area is 121 Å². The maximum atomic E-state index is 5.87. The highest BCUT2D eigenvalue weighted by Gasteiger charge is 2.09. The summed E-state index contributed by atoms with van der Waals surface area (Å²) in [5.41, 5.74) is 1.21. The van der Waals surface area contributed by atoms with Crippen LogP contribution in [0, 0.1) is 6.92 Å². The van der Waals surface area contributed by atoms with Gasteiger partial charge in [0.05, 0.1) is 6.10 Å². The van der Waals surface area contributed by atoms with Gasteiger partial charge in [-0.1, -0.05) is 17.7 Å². The third-order valence-electron chi connectivity index (χ3n) is 2.14. The molecular weight excluding hydrogens is 282 g/mol. The van der Waals surface area contributed by atoms with Crippen molar-refractivity contribution in [3.05, 3.63) is 35.1 Å². The van der Waals surface area contributed by atoms with E-state index in [-0.39, 0.29) is 17.4 Å². The van der Waals surface area contributed by atoms with E-state index in [0.717, 1.165) is 4.90 Å². The molecule has 1 aromatic carbocycles. The van der Waals surface area contributed by atoms with Crippen molar-refractivity contribution in [3.8, 4) is 6.01 Å². The van der Waals surface area contributed by atoms with Gasteiger partial charge in [-0.05, 0) is 56.3 Å². The fraction of sp³-hybridized carbons (Fsp3) is 0.308. The minimum atomic E-state index is -0.00399. The monoisotopic (exact) mass is 295 g/mol. The van der Waals surface area contributed by atoms with E-state index in [2.05, 4.69) is 15.0 Å². The van der Waals surface area contributed by atoms with Crippen LogP contribution in [0.25, 0.3) is 0 Å².